The van der Waals surface area contributed by atoms with Crippen LogP contribution in [0.1, 0.15) is 33.1 Å². The number of nitrogens with zero attached hydrogens (tertiary/aromatic N) is 3. The fourth-order valence-corrected chi connectivity index (χ4v) is 4.51. The number of rotatable bonds is 5. The minimum atomic E-state index is 0.767. The first-order valence-corrected chi connectivity index (χ1v) is 9.61. The number of thioether (sulfide) groups is 1. The van der Waals surface area contributed by atoms with Crippen molar-refractivity contribution >= 4 is 17.7 Å². The summed E-state index contributed by atoms with van der Waals surface area (Å²) in [5.74, 6) is 3.13. The lowest BCUT2D eigenvalue weighted by molar-refractivity contribution is 0.323. The zero-order valence-electron chi connectivity index (χ0n) is 14.0. The molecule has 2 fully saturated rings. The predicted molar refractivity (Wildman–Crippen MR) is 94.3 cm³/mol. The van der Waals surface area contributed by atoms with E-state index in [-0.39, 0.29) is 0 Å². The summed E-state index contributed by atoms with van der Waals surface area (Å²) in [6.45, 7) is 11.7. The molecule has 2 aliphatic rings. The van der Waals surface area contributed by atoms with Crippen LogP contribution in [-0.4, -0.2) is 73.1 Å². The summed E-state index contributed by atoms with van der Waals surface area (Å²) in [5, 5.41) is 4.40. The Labute approximate surface area is 134 Å². The molecule has 4 nitrogen and oxygen atoms in total. The molecule has 2 atom stereocenters. The molecule has 1 N–H and O–H groups in total. The number of hydrogen-bond acceptors (Lipinski definition) is 3. The molecule has 0 aromatic rings. The van der Waals surface area contributed by atoms with Gasteiger partial charge in [0.05, 0.1) is 0 Å². The van der Waals surface area contributed by atoms with Gasteiger partial charge < -0.3 is 15.1 Å². The Bertz CT molecular complexity index is 334. The van der Waals surface area contributed by atoms with Gasteiger partial charge in [0.25, 0.3) is 0 Å². The van der Waals surface area contributed by atoms with Crippen molar-refractivity contribution in [1.29, 1.82) is 0 Å². The van der Waals surface area contributed by atoms with E-state index in [9.17, 15) is 0 Å². The second kappa shape index (κ2) is 8.89. The van der Waals surface area contributed by atoms with Crippen LogP contribution in [0.3, 0.4) is 0 Å². The first-order chi connectivity index (χ1) is 10.3. The smallest absolute Gasteiger partial charge is 0.193 e. The van der Waals surface area contributed by atoms with Crippen molar-refractivity contribution in [2.45, 2.75) is 38.4 Å². The van der Waals surface area contributed by atoms with E-state index >= 15 is 0 Å². The van der Waals surface area contributed by atoms with Gasteiger partial charge in [0.2, 0.25) is 0 Å². The minimum absolute atomic E-state index is 0.767. The van der Waals surface area contributed by atoms with Crippen LogP contribution in [0.5, 0.6) is 0 Å². The molecule has 0 saturated carbocycles. The SMILES string of the molecule is CCCN1CCC(CNC(=NC)N2CCSC(CC)C2)C1. The average Bonchev–Trinajstić information content (AvgIpc) is 2.96. The van der Waals surface area contributed by atoms with Gasteiger partial charge in [0, 0.05) is 44.2 Å². The second-order valence-electron chi connectivity index (χ2n) is 6.23. The maximum Gasteiger partial charge on any atom is 0.193 e. The van der Waals surface area contributed by atoms with Gasteiger partial charge in [-0.1, -0.05) is 13.8 Å². The number of guanidine groups is 1. The molecule has 2 saturated heterocycles. The van der Waals surface area contributed by atoms with E-state index in [0.29, 0.717) is 0 Å². The molecule has 0 radical (unpaired) electrons. The zero-order valence-corrected chi connectivity index (χ0v) is 14.8. The Morgan fingerprint density at radius 2 is 2.14 bits per heavy atom. The Morgan fingerprint density at radius 1 is 1.29 bits per heavy atom. The summed E-state index contributed by atoms with van der Waals surface area (Å²) in [5.41, 5.74) is 0. The molecule has 2 heterocycles. The third-order valence-electron chi connectivity index (χ3n) is 4.56. The van der Waals surface area contributed by atoms with Gasteiger partial charge in [-0.05, 0) is 38.3 Å². The van der Waals surface area contributed by atoms with Gasteiger partial charge in [-0.15, -0.1) is 0 Å². The summed E-state index contributed by atoms with van der Waals surface area (Å²) in [6, 6.07) is 0. The largest absolute Gasteiger partial charge is 0.356 e. The quantitative estimate of drug-likeness (QED) is 0.622. The van der Waals surface area contributed by atoms with E-state index in [1.54, 1.807) is 0 Å². The lowest BCUT2D eigenvalue weighted by atomic mass is 10.1. The summed E-state index contributed by atoms with van der Waals surface area (Å²) < 4.78 is 0. The molecular formula is C16H32N4S. The molecule has 122 valence electrons. The Balaban J connectivity index is 1.75. The number of hydrogen-bond donors (Lipinski definition) is 1. The molecule has 0 aliphatic carbocycles. The molecule has 0 spiro atoms. The highest BCUT2D eigenvalue weighted by Gasteiger charge is 2.24. The number of likely N-dealkylation sites (tertiary alicyclic amines) is 1. The van der Waals surface area contributed by atoms with Crippen molar-refractivity contribution in [3.05, 3.63) is 0 Å². The molecule has 0 bridgehead atoms. The highest BCUT2D eigenvalue weighted by Crippen LogP contribution is 2.21. The maximum absolute atomic E-state index is 4.51. The highest BCUT2D eigenvalue weighted by molar-refractivity contribution is 8.00. The lowest BCUT2D eigenvalue weighted by Crippen LogP contribution is -2.49. The summed E-state index contributed by atoms with van der Waals surface area (Å²) in [6.07, 6.45) is 3.86. The highest BCUT2D eigenvalue weighted by atomic mass is 32.2. The average molecular weight is 313 g/mol. The summed E-state index contributed by atoms with van der Waals surface area (Å²) in [7, 11) is 1.92. The lowest BCUT2D eigenvalue weighted by Gasteiger charge is -2.34. The topological polar surface area (TPSA) is 30.9 Å². The van der Waals surface area contributed by atoms with Crippen LogP contribution in [0.4, 0.5) is 0 Å². The number of aliphatic imine (C=N–C) groups is 1. The standard InChI is InChI=1S/C16H32N4S/c1-4-7-19-8-6-14(12-19)11-18-16(17-3)20-9-10-21-15(5-2)13-20/h14-15H,4-13H2,1-3H3,(H,17,18). The van der Waals surface area contributed by atoms with Crippen molar-refractivity contribution in [1.82, 2.24) is 15.1 Å². The van der Waals surface area contributed by atoms with Crippen LogP contribution >= 0.6 is 11.8 Å². The normalized spacial score (nSPS) is 28.1. The fourth-order valence-electron chi connectivity index (χ4n) is 3.33. The summed E-state index contributed by atoms with van der Waals surface area (Å²) in [4.78, 5) is 9.55. The molecule has 5 heteroatoms. The first-order valence-electron chi connectivity index (χ1n) is 8.56. The maximum atomic E-state index is 4.51. The molecule has 0 aromatic heterocycles. The van der Waals surface area contributed by atoms with Crippen LogP contribution in [0.25, 0.3) is 0 Å². The molecule has 2 aliphatic heterocycles. The predicted octanol–water partition coefficient (Wildman–Crippen LogP) is 2.12. The third-order valence-corrected chi connectivity index (χ3v) is 5.94. The van der Waals surface area contributed by atoms with Crippen molar-refractivity contribution < 1.29 is 0 Å². The van der Waals surface area contributed by atoms with Gasteiger partial charge in [-0.2, -0.15) is 11.8 Å². The van der Waals surface area contributed by atoms with Crippen molar-refractivity contribution in [2.24, 2.45) is 10.9 Å². The Hall–Kier alpha value is -0.420. The van der Waals surface area contributed by atoms with Crippen LogP contribution in [0.2, 0.25) is 0 Å². The Kier molecular flexibility index (Phi) is 7.17. The van der Waals surface area contributed by atoms with Crippen molar-refractivity contribution in [2.75, 3.05) is 52.1 Å². The second-order valence-corrected chi connectivity index (χ2v) is 7.64. The van der Waals surface area contributed by atoms with Crippen molar-refractivity contribution in [3.63, 3.8) is 0 Å². The summed E-state index contributed by atoms with van der Waals surface area (Å²) >= 11 is 2.11. The number of nitrogens with one attached hydrogen (secondary N) is 1. The van der Waals surface area contributed by atoms with E-state index in [1.807, 2.05) is 7.05 Å². The van der Waals surface area contributed by atoms with E-state index < -0.39 is 0 Å². The van der Waals surface area contributed by atoms with Crippen molar-refractivity contribution in [3.8, 4) is 0 Å². The van der Waals surface area contributed by atoms with Gasteiger partial charge in [0.1, 0.15) is 0 Å². The van der Waals surface area contributed by atoms with Crippen LogP contribution < -0.4 is 5.32 Å². The molecule has 2 unspecified atom stereocenters. The van der Waals surface area contributed by atoms with Crippen LogP contribution in [0, 0.1) is 5.92 Å². The van der Waals surface area contributed by atoms with Crippen LogP contribution in [0.15, 0.2) is 4.99 Å². The van der Waals surface area contributed by atoms with Gasteiger partial charge in [-0.25, -0.2) is 0 Å². The molecule has 2 rings (SSSR count). The molecule has 21 heavy (non-hydrogen) atoms. The van der Waals surface area contributed by atoms with Crippen LogP contribution in [-0.2, 0) is 0 Å². The molecule has 0 aromatic carbocycles. The van der Waals surface area contributed by atoms with Gasteiger partial charge >= 0.3 is 0 Å². The van der Waals surface area contributed by atoms with E-state index in [0.717, 1.165) is 36.8 Å². The fraction of sp³-hybridized carbons (Fsp3) is 0.938. The van der Waals surface area contributed by atoms with E-state index in [4.69, 9.17) is 0 Å². The van der Waals surface area contributed by atoms with Gasteiger partial charge in [0.15, 0.2) is 5.96 Å². The molecule has 0 amide bonds. The van der Waals surface area contributed by atoms with E-state index in [2.05, 4.69) is 45.7 Å². The third kappa shape index (κ3) is 5.06. The van der Waals surface area contributed by atoms with E-state index in [1.165, 1.54) is 44.6 Å². The van der Waals surface area contributed by atoms with Gasteiger partial charge in [-0.3, -0.25) is 4.99 Å². The molecular weight excluding hydrogens is 280 g/mol. The first kappa shape index (κ1) is 16.9. The minimum Gasteiger partial charge on any atom is -0.356 e. The monoisotopic (exact) mass is 312 g/mol. The Morgan fingerprint density at radius 3 is 2.86 bits per heavy atom. The zero-order chi connectivity index (χ0) is 15.1.